The van der Waals surface area contributed by atoms with Crippen LogP contribution in [-0.4, -0.2) is 20.7 Å². The molecule has 0 aliphatic carbocycles. The molecule has 84 valence electrons. The van der Waals surface area contributed by atoms with E-state index in [1.165, 1.54) is 11.3 Å². The van der Waals surface area contributed by atoms with E-state index in [2.05, 4.69) is 15.4 Å². The first kappa shape index (κ1) is 10.8. The van der Waals surface area contributed by atoms with Gasteiger partial charge in [0.2, 0.25) is 0 Å². The van der Waals surface area contributed by atoms with E-state index in [-0.39, 0.29) is 5.91 Å². The van der Waals surface area contributed by atoms with Crippen LogP contribution in [0.5, 0.6) is 0 Å². The zero-order valence-electron chi connectivity index (χ0n) is 9.31. The summed E-state index contributed by atoms with van der Waals surface area (Å²) < 4.78 is 1.70. The van der Waals surface area contributed by atoms with Gasteiger partial charge in [0.25, 0.3) is 5.91 Å². The van der Waals surface area contributed by atoms with Crippen LogP contribution >= 0.6 is 11.3 Å². The Morgan fingerprint density at radius 3 is 2.75 bits per heavy atom. The third-order valence-corrected chi connectivity index (χ3v) is 3.08. The van der Waals surface area contributed by atoms with Crippen LogP contribution in [0.1, 0.15) is 21.7 Å². The van der Waals surface area contributed by atoms with E-state index in [0.29, 0.717) is 10.7 Å². The van der Waals surface area contributed by atoms with E-state index in [1.54, 1.807) is 10.9 Å². The fourth-order valence-electron chi connectivity index (χ4n) is 1.55. The van der Waals surface area contributed by atoms with Crippen molar-refractivity contribution in [2.45, 2.75) is 13.8 Å². The molecule has 0 spiro atoms. The number of carbonyl (C=O) groups excluding carboxylic acids is 1. The molecule has 0 bridgehead atoms. The first-order valence-corrected chi connectivity index (χ1v) is 5.68. The number of nitrogens with zero attached hydrogens (tertiary/aromatic N) is 3. The maximum Gasteiger partial charge on any atom is 0.261 e. The van der Waals surface area contributed by atoms with Crippen molar-refractivity contribution in [3.05, 3.63) is 28.5 Å². The molecule has 0 unspecified atom stereocenters. The van der Waals surface area contributed by atoms with Crippen molar-refractivity contribution in [2.75, 3.05) is 5.32 Å². The Morgan fingerprint density at radius 1 is 1.50 bits per heavy atom. The largest absolute Gasteiger partial charge is 0.298 e. The molecule has 0 atom stereocenters. The first-order valence-electron chi connectivity index (χ1n) is 4.80. The second-order valence-electron chi connectivity index (χ2n) is 3.46. The number of hydrogen-bond acceptors (Lipinski definition) is 4. The molecule has 2 heterocycles. The first-order chi connectivity index (χ1) is 7.59. The van der Waals surface area contributed by atoms with Crippen LogP contribution in [0.25, 0.3) is 0 Å². The second kappa shape index (κ2) is 4.05. The van der Waals surface area contributed by atoms with Gasteiger partial charge in [-0.05, 0) is 13.8 Å². The predicted octanol–water partition coefficient (Wildman–Crippen LogP) is 1.75. The highest BCUT2D eigenvalue weighted by atomic mass is 32.1. The van der Waals surface area contributed by atoms with Crippen LogP contribution in [-0.2, 0) is 7.05 Å². The van der Waals surface area contributed by atoms with Crippen LogP contribution in [0, 0.1) is 13.8 Å². The molecular formula is C10H12N4OS. The van der Waals surface area contributed by atoms with Crippen molar-refractivity contribution in [3.63, 3.8) is 0 Å². The van der Waals surface area contributed by atoms with Gasteiger partial charge in [0.15, 0.2) is 5.13 Å². The van der Waals surface area contributed by atoms with Crippen LogP contribution < -0.4 is 5.32 Å². The molecule has 0 radical (unpaired) electrons. The summed E-state index contributed by atoms with van der Waals surface area (Å²) >= 11 is 1.39. The Kier molecular flexibility index (Phi) is 2.74. The highest BCUT2D eigenvalue weighted by Gasteiger charge is 2.17. The van der Waals surface area contributed by atoms with Gasteiger partial charge in [0.05, 0.1) is 11.3 Å². The molecule has 6 heteroatoms. The Morgan fingerprint density at radius 2 is 2.25 bits per heavy atom. The van der Waals surface area contributed by atoms with E-state index in [1.807, 2.05) is 26.3 Å². The number of carbonyl (C=O) groups is 1. The van der Waals surface area contributed by atoms with Gasteiger partial charge < -0.3 is 0 Å². The summed E-state index contributed by atoms with van der Waals surface area (Å²) in [7, 11) is 1.82. The number of rotatable bonds is 2. The number of nitrogens with one attached hydrogen (secondary N) is 1. The summed E-state index contributed by atoms with van der Waals surface area (Å²) in [5, 5.41) is 9.37. The summed E-state index contributed by atoms with van der Waals surface area (Å²) in [6.07, 6.45) is 1.66. The molecule has 0 saturated heterocycles. The van der Waals surface area contributed by atoms with E-state index >= 15 is 0 Å². The Labute approximate surface area is 97.1 Å². The third kappa shape index (κ3) is 1.83. The van der Waals surface area contributed by atoms with E-state index in [4.69, 9.17) is 0 Å². The lowest BCUT2D eigenvalue weighted by Crippen LogP contribution is -2.13. The van der Waals surface area contributed by atoms with Crippen LogP contribution in [0.4, 0.5) is 5.13 Å². The van der Waals surface area contributed by atoms with Crippen LogP contribution in [0.3, 0.4) is 0 Å². The van der Waals surface area contributed by atoms with Gasteiger partial charge in [-0.25, -0.2) is 4.98 Å². The monoisotopic (exact) mass is 236 g/mol. The average Bonchev–Trinajstić information content (AvgIpc) is 2.77. The maximum absolute atomic E-state index is 12.0. The van der Waals surface area contributed by atoms with E-state index in [0.717, 1.165) is 11.4 Å². The minimum atomic E-state index is -0.155. The highest BCUT2D eigenvalue weighted by molar-refractivity contribution is 7.13. The zero-order valence-corrected chi connectivity index (χ0v) is 10.1. The molecule has 0 fully saturated rings. The zero-order chi connectivity index (χ0) is 11.7. The number of amides is 1. The Balaban J connectivity index is 2.27. The minimum absolute atomic E-state index is 0.155. The summed E-state index contributed by atoms with van der Waals surface area (Å²) in [6.45, 7) is 3.69. The Hall–Kier alpha value is -1.69. The van der Waals surface area contributed by atoms with Gasteiger partial charge in [-0.2, -0.15) is 5.10 Å². The second-order valence-corrected chi connectivity index (χ2v) is 4.36. The van der Waals surface area contributed by atoms with Gasteiger partial charge >= 0.3 is 0 Å². The lowest BCUT2D eigenvalue weighted by atomic mass is 10.2. The number of hydrogen-bond donors (Lipinski definition) is 1. The van der Waals surface area contributed by atoms with Crippen molar-refractivity contribution in [2.24, 2.45) is 7.05 Å². The summed E-state index contributed by atoms with van der Waals surface area (Å²) in [4.78, 5) is 16.0. The van der Waals surface area contributed by atoms with Gasteiger partial charge in [-0.15, -0.1) is 11.3 Å². The van der Waals surface area contributed by atoms with Gasteiger partial charge in [0, 0.05) is 24.3 Å². The minimum Gasteiger partial charge on any atom is -0.298 e. The van der Waals surface area contributed by atoms with Crippen LogP contribution in [0.15, 0.2) is 11.6 Å². The molecule has 0 aliphatic heterocycles. The van der Waals surface area contributed by atoms with Gasteiger partial charge in [0.1, 0.15) is 0 Å². The van der Waals surface area contributed by atoms with Gasteiger partial charge in [-0.3, -0.25) is 14.8 Å². The summed E-state index contributed by atoms with van der Waals surface area (Å²) in [6, 6.07) is 0. The lowest BCUT2D eigenvalue weighted by molar-refractivity contribution is 0.102. The number of thiazole rings is 1. The average molecular weight is 236 g/mol. The normalized spacial score (nSPS) is 10.4. The molecule has 2 rings (SSSR count). The predicted molar refractivity (Wildman–Crippen MR) is 62.7 cm³/mol. The molecule has 0 aliphatic rings. The quantitative estimate of drug-likeness (QED) is 0.864. The fraction of sp³-hybridized carbons (Fsp3) is 0.300. The molecule has 2 aromatic heterocycles. The molecule has 0 saturated carbocycles. The number of anilines is 1. The van der Waals surface area contributed by atoms with Crippen molar-refractivity contribution >= 4 is 22.4 Å². The molecule has 1 N–H and O–H groups in total. The van der Waals surface area contributed by atoms with Gasteiger partial charge in [-0.1, -0.05) is 0 Å². The molecule has 0 aromatic carbocycles. The maximum atomic E-state index is 12.0. The topological polar surface area (TPSA) is 59.8 Å². The molecule has 2 aromatic rings. The van der Waals surface area contributed by atoms with Crippen molar-refractivity contribution in [1.82, 2.24) is 14.8 Å². The highest BCUT2D eigenvalue weighted by Crippen LogP contribution is 2.16. The standard InChI is InChI=1S/C10H12N4OS/c1-6-8(7(2)14(3)13-6)9(15)12-10-11-4-5-16-10/h4-5H,1-3H3,(H,11,12,15). The Bertz CT molecular complexity index is 515. The summed E-state index contributed by atoms with van der Waals surface area (Å²) in [5.74, 6) is -0.155. The van der Waals surface area contributed by atoms with E-state index in [9.17, 15) is 4.79 Å². The van der Waals surface area contributed by atoms with Crippen LogP contribution in [0.2, 0.25) is 0 Å². The number of aryl methyl sites for hydroxylation is 2. The van der Waals surface area contributed by atoms with Crippen molar-refractivity contribution in [1.29, 1.82) is 0 Å². The molecule has 16 heavy (non-hydrogen) atoms. The SMILES string of the molecule is Cc1nn(C)c(C)c1C(=O)Nc1nccs1. The van der Waals surface area contributed by atoms with E-state index < -0.39 is 0 Å². The molecule has 1 amide bonds. The van der Waals surface area contributed by atoms with Crippen molar-refractivity contribution in [3.8, 4) is 0 Å². The third-order valence-electron chi connectivity index (χ3n) is 2.39. The fourth-order valence-corrected chi connectivity index (χ4v) is 2.07. The number of aromatic nitrogens is 3. The van der Waals surface area contributed by atoms with Crippen molar-refractivity contribution < 1.29 is 4.79 Å². The smallest absolute Gasteiger partial charge is 0.261 e. The lowest BCUT2D eigenvalue weighted by Gasteiger charge is -2.01. The molecule has 5 nitrogen and oxygen atoms in total. The molecular weight excluding hydrogens is 224 g/mol. The summed E-state index contributed by atoms with van der Waals surface area (Å²) in [5.41, 5.74) is 2.21.